The summed E-state index contributed by atoms with van der Waals surface area (Å²) in [5.74, 6) is -0.240. The summed E-state index contributed by atoms with van der Waals surface area (Å²) in [6.07, 6.45) is 6.25. The molecule has 0 aliphatic carbocycles. The Morgan fingerprint density at radius 2 is 1.56 bits per heavy atom. The molecule has 0 radical (unpaired) electrons. The van der Waals surface area contributed by atoms with Crippen LogP contribution in [0.4, 0.5) is 0 Å². The number of benzene rings is 1. The lowest BCUT2D eigenvalue weighted by molar-refractivity contribution is 0.0497. The van der Waals surface area contributed by atoms with E-state index in [-0.39, 0.29) is 12.6 Å². The number of aliphatic hydroxyl groups excluding tert-OH is 1. The van der Waals surface area contributed by atoms with Gasteiger partial charge in [-0.05, 0) is 25.0 Å². The largest absolute Gasteiger partial charge is 0.462 e. The molecule has 0 bridgehead atoms. The quantitative estimate of drug-likeness (QED) is 0.541. The van der Waals surface area contributed by atoms with Crippen LogP contribution in [0.1, 0.15) is 48.9 Å². The van der Waals surface area contributed by atoms with Gasteiger partial charge in [0, 0.05) is 6.61 Å². The summed E-state index contributed by atoms with van der Waals surface area (Å²) in [5.41, 5.74) is 0.612. The van der Waals surface area contributed by atoms with E-state index in [1.54, 1.807) is 12.1 Å². The molecule has 0 amide bonds. The molecule has 0 aliphatic heterocycles. The fourth-order valence-corrected chi connectivity index (χ4v) is 1.74. The van der Waals surface area contributed by atoms with Crippen LogP contribution in [-0.2, 0) is 4.74 Å². The van der Waals surface area contributed by atoms with Gasteiger partial charge in [-0.1, -0.05) is 43.9 Å². The molecule has 0 saturated heterocycles. The molecule has 1 N–H and O–H groups in total. The third-order valence-corrected chi connectivity index (χ3v) is 2.80. The maximum atomic E-state index is 11.6. The molecule has 0 atom stereocenters. The molecule has 0 spiro atoms. The summed E-state index contributed by atoms with van der Waals surface area (Å²) >= 11 is 0. The Labute approximate surface area is 109 Å². The maximum Gasteiger partial charge on any atom is 0.338 e. The fourth-order valence-electron chi connectivity index (χ4n) is 1.74. The zero-order chi connectivity index (χ0) is 13.1. The predicted octanol–water partition coefficient (Wildman–Crippen LogP) is 3.18. The molecular formula is C15H22O3. The summed E-state index contributed by atoms with van der Waals surface area (Å²) in [6.45, 7) is 0.780. The highest BCUT2D eigenvalue weighted by Crippen LogP contribution is 2.06. The fraction of sp³-hybridized carbons (Fsp3) is 0.533. The van der Waals surface area contributed by atoms with Crippen LogP contribution in [0.25, 0.3) is 0 Å². The Hall–Kier alpha value is -1.35. The Kier molecular flexibility index (Phi) is 7.89. The van der Waals surface area contributed by atoms with E-state index in [1.807, 2.05) is 18.2 Å². The molecular weight excluding hydrogens is 228 g/mol. The second kappa shape index (κ2) is 9.66. The van der Waals surface area contributed by atoms with Gasteiger partial charge < -0.3 is 9.84 Å². The summed E-state index contributed by atoms with van der Waals surface area (Å²) in [5, 5.41) is 8.62. The van der Waals surface area contributed by atoms with Crippen molar-refractivity contribution in [1.29, 1.82) is 0 Å². The molecule has 0 fully saturated rings. The lowest BCUT2D eigenvalue weighted by atomic mass is 10.1. The summed E-state index contributed by atoms with van der Waals surface area (Å²) in [7, 11) is 0. The van der Waals surface area contributed by atoms with E-state index in [1.165, 1.54) is 0 Å². The van der Waals surface area contributed by atoms with Crippen molar-refractivity contribution < 1.29 is 14.6 Å². The van der Waals surface area contributed by atoms with Crippen LogP contribution in [0.3, 0.4) is 0 Å². The van der Waals surface area contributed by atoms with E-state index < -0.39 is 0 Å². The Bertz CT molecular complexity index is 322. The molecule has 1 rings (SSSR count). The van der Waals surface area contributed by atoms with E-state index in [0.717, 1.165) is 38.5 Å². The van der Waals surface area contributed by atoms with Gasteiger partial charge in [-0.15, -0.1) is 0 Å². The standard InChI is InChI=1S/C15H22O3/c16-12-8-3-1-2-4-9-13-18-15(17)14-10-6-5-7-11-14/h5-7,10-11,16H,1-4,8-9,12-13H2. The van der Waals surface area contributed by atoms with Gasteiger partial charge in [-0.25, -0.2) is 4.79 Å². The highest BCUT2D eigenvalue weighted by Gasteiger charge is 2.04. The van der Waals surface area contributed by atoms with Gasteiger partial charge in [0.15, 0.2) is 0 Å². The van der Waals surface area contributed by atoms with E-state index in [4.69, 9.17) is 9.84 Å². The molecule has 100 valence electrons. The first-order chi connectivity index (χ1) is 8.84. The van der Waals surface area contributed by atoms with Gasteiger partial charge in [0.05, 0.1) is 12.2 Å². The molecule has 0 aromatic heterocycles. The van der Waals surface area contributed by atoms with Crippen molar-refractivity contribution in [3.8, 4) is 0 Å². The van der Waals surface area contributed by atoms with Gasteiger partial charge in [0.25, 0.3) is 0 Å². The van der Waals surface area contributed by atoms with Crippen molar-refractivity contribution in [3.05, 3.63) is 35.9 Å². The molecule has 3 heteroatoms. The van der Waals surface area contributed by atoms with Crippen molar-refractivity contribution in [2.75, 3.05) is 13.2 Å². The summed E-state index contributed by atoms with van der Waals surface area (Å²) in [4.78, 5) is 11.6. The molecule has 0 saturated carbocycles. The van der Waals surface area contributed by atoms with Crippen LogP contribution in [0.2, 0.25) is 0 Å². The van der Waals surface area contributed by atoms with Crippen LogP contribution in [-0.4, -0.2) is 24.3 Å². The van der Waals surface area contributed by atoms with Crippen LogP contribution < -0.4 is 0 Å². The molecule has 0 unspecified atom stereocenters. The first-order valence-electron chi connectivity index (χ1n) is 6.67. The van der Waals surface area contributed by atoms with E-state index >= 15 is 0 Å². The molecule has 0 aliphatic rings. The van der Waals surface area contributed by atoms with Gasteiger partial charge in [0.1, 0.15) is 0 Å². The zero-order valence-corrected chi connectivity index (χ0v) is 10.8. The highest BCUT2D eigenvalue weighted by atomic mass is 16.5. The third kappa shape index (κ3) is 6.40. The molecule has 1 aromatic carbocycles. The monoisotopic (exact) mass is 250 g/mol. The molecule has 3 nitrogen and oxygen atoms in total. The van der Waals surface area contributed by atoms with Crippen LogP contribution in [0, 0.1) is 0 Å². The number of esters is 1. The number of unbranched alkanes of at least 4 members (excludes halogenated alkanes) is 5. The maximum absolute atomic E-state index is 11.6. The average molecular weight is 250 g/mol. The smallest absolute Gasteiger partial charge is 0.338 e. The molecule has 18 heavy (non-hydrogen) atoms. The molecule has 1 aromatic rings. The van der Waals surface area contributed by atoms with Crippen molar-refractivity contribution in [2.45, 2.75) is 38.5 Å². The highest BCUT2D eigenvalue weighted by molar-refractivity contribution is 5.89. The number of rotatable bonds is 9. The van der Waals surface area contributed by atoms with Crippen LogP contribution in [0.5, 0.6) is 0 Å². The average Bonchev–Trinajstić information content (AvgIpc) is 2.42. The minimum atomic E-state index is -0.240. The van der Waals surface area contributed by atoms with E-state index in [9.17, 15) is 4.79 Å². The summed E-state index contributed by atoms with van der Waals surface area (Å²) in [6, 6.07) is 9.06. The van der Waals surface area contributed by atoms with Crippen molar-refractivity contribution in [1.82, 2.24) is 0 Å². The molecule has 0 heterocycles. The lowest BCUT2D eigenvalue weighted by Gasteiger charge is -2.04. The summed E-state index contributed by atoms with van der Waals surface area (Å²) < 4.78 is 5.18. The van der Waals surface area contributed by atoms with E-state index in [2.05, 4.69) is 0 Å². The number of aliphatic hydroxyl groups is 1. The number of ether oxygens (including phenoxy) is 1. The first-order valence-corrected chi connectivity index (χ1v) is 6.67. The normalized spacial score (nSPS) is 10.3. The third-order valence-electron chi connectivity index (χ3n) is 2.80. The Balaban J connectivity index is 2.00. The van der Waals surface area contributed by atoms with Crippen LogP contribution in [0.15, 0.2) is 30.3 Å². The number of hydrogen-bond donors (Lipinski definition) is 1. The van der Waals surface area contributed by atoms with Gasteiger partial charge >= 0.3 is 5.97 Å². The predicted molar refractivity (Wildman–Crippen MR) is 71.5 cm³/mol. The van der Waals surface area contributed by atoms with Crippen molar-refractivity contribution in [2.24, 2.45) is 0 Å². The Morgan fingerprint density at radius 3 is 2.22 bits per heavy atom. The second-order valence-corrected chi connectivity index (χ2v) is 4.35. The van der Waals surface area contributed by atoms with Gasteiger partial charge in [-0.2, -0.15) is 0 Å². The lowest BCUT2D eigenvalue weighted by Crippen LogP contribution is -2.06. The van der Waals surface area contributed by atoms with Crippen LogP contribution >= 0.6 is 0 Å². The zero-order valence-electron chi connectivity index (χ0n) is 10.8. The minimum absolute atomic E-state index is 0.240. The van der Waals surface area contributed by atoms with Gasteiger partial charge in [0.2, 0.25) is 0 Å². The van der Waals surface area contributed by atoms with Crippen molar-refractivity contribution >= 4 is 5.97 Å². The number of hydrogen-bond acceptors (Lipinski definition) is 3. The number of carbonyl (C=O) groups is 1. The van der Waals surface area contributed by atoms with Crippen molar-refractivity contribution in [3.63, 3.8) is 0 Å². The Morgan fingerprint density at radius 1 is 0.944 bits per heavy atom. The first kappa shape index (κ1) is 14.7. The second-order valence-electron chi connectivity index (χ2n) is 4.35. The SMILES string of the molecule is O=C(OCCCCCCCCO)c1ccccc1. The topological polar surface area (TPSA) is 46.5 Å². The van der Waals surface area contributed by atoms with Gasteiger partial charge in [-0.3, -0.25) is 0 Å². The minimum Gasteiger partial charge on any atom is -0.462 e. The van der Waals surface area contributed by atoms with E-state index in [0.29, 0.717) is 12.2 Å². The number of carbonyl (C=O) groups excluding carboxylic acids is 1.